The number of hydrogen-bond donors (Lipinski definition) is 0. The van der Waals surface area contributed by atoms with Gasteiger partial charge in [0.25, 0.3) is 0 Å². The third-order valence-electron chi connectivity index (χ3n) is 4.67. The molecule has 0 bridgehead atoms. The van der Waals surface area contributed by atoms with Gasteiger partial charge < -0.3 is 14.5 Å². The van der Waals surface area contributed by atoms with Crippen molar-refractivity contribution < 1.29 is 14.3 Å². The van der Waals surface area contributed by atoms with E-state index >= 15 is 0 Å². The van der Waals surface area contributed by atoms with Crippen molar-refractivity contribution in [2.75, 3.05) is 26.3 Å². The molecule has 0 N–H and O–H groups in total. The molecule has 0 radical (unpaired) electrons. The predicted molar refractivity (Wildman–Crippen MR) is 122 cm³/mol. The highest BCUT2D eigenvalue weighted by Gasteiger charge is 2.29. The maximum Gasteiger partial charge on any atom is 0.242 e. The van der Waals surface area contributed by atoms with Gasteiger partial charge in [-0.2, -0.15) is 0 Å². The van der Waals surface area contributed by atoms with E-state index in [9.17, 15) is 9.59 Å². The van der Waals surface area contributed by atoms with Crippen LogP contribution in [0.5, 0.6) is 0 Å². The quantitative estimate of drug-likeness (QED) is 0.490. The fourth-order valence-corrected chi connectivity index (χ4v) is 3.84. The van der Waals surface area contributed by atoms with Gasteiger partial charge in [-0.3, -0.25) is 9.59 Å². The lowest BCUT2D eigenvalue weighted by Gasteiger charge is -2.31. The smallest absolute Gasteiger partial charge is 0.242 e. The molecule has 0 unspecified atom stereocenters. The zero-order valence-corrected chi connectivity index (χ0v) is 19.4. The summed E-state index contributed by atoms with van der Waals surface area (Å²) in [5.74, 6) is -0.0515. The molecule has 2 rings (SSSR count). The molecule has 30 heavy (non-hydrogen) atoms. The minimum Gasteiger partial charge on any atom is -0.382 e. The fourth-order valence-electron chi connectivity index (χ4n) is 3.12. The van der Waals surface area contributed by atoms with Crippen molar-refractivity contribution in [3.05, 3.63) is 58.3 Å². The second-order valence-electron chi connectivity index (χ2n) is 8.34. The Balaban J connectivity index is 2.13. The zero-order valence-electron chi connectivity index (χ0n) is 18.6. The first-order chi connectivity index (χ1) is 14.3. The van der Waals surface area contributed by atoms with Crippen molar-refractivity contribution in [2.24, 2.45) is 5.41 Å². The van der Waals surface area contributed by atoms with Gasteiger partial charge in [-0.25, -0.2) is 0 Å². The second-order valence-corrected chi connectivity index (χ2v) is 9.37. The molecular formula is C24H34N2O3S. The van der Waals surface area contributed by atoms with Crippen LogP contribution < -0.4 is 0 Å². The Bertz CT molecular complexity index is 770. The lowest BCUT2D eigenvalue weighted by molar-refractivity contribution is -0.146. The summed E-state index contributed by atoms with van der Waals surface area (Å²) in [5, 5.41) is 2.02. The Morgan fingerprint density at radius 1 is 1.00 bits per heavy atom. The Hall–Kier alpha value is -2.18. The van der Waals surface area contributed by atoms with Crippen LogP contribution in [0.4, 0.5) is 0 Å². The van der Waals surface area contributed by atoms with Crippen molar-refractivity contribution in [1.29, 1.82) is 0 Å². The molecule has 5 nitrogen and oxygen atoms in total. The molecule has 0 spiro atoms. The molecule has 0 atom stereocenters. The number of benzene rings is 1. The van der Waals surface area contributed by atoms with Crippen LogP contribution in [0.3, 0.4) is 0 Å². The number of rotatable bonds is 11. The van der Waals surface area contributed by atoms with Crippen molar-refractivity contribution in [1.82, 2.24) is 9.80 Å². The molecule has 1 aromatic carbocycles. The topological polar surface area (TPSA) is 49.9 Å². The van der Waals surface area contributed by atoms with Gasteiger partial charge in [0.15, 0.2) is 0 Å². The molecule has 0 aliphatic heterocycles. The number of carbonyl (C=O) groups excluding carboxylic acids is 2. The van der Waals surface area contributed by atoms with E-state index in [0.717, 1.165) is 10.4 Å². The van der Waals surface area contributed by atoms with Gasteiger partial charge in [0.1, 0.15) is 0 Å². The van der Waals surface area contributed by atoms with Crippen LogP contribution in [0, 0.1) is 5.41 Å². The molecule has 0 aliphatic carbocycles. The van der Waals surface area contributed by atoms with Gasteiger partial charge in [-0.05, 0) is 30.4 Å². The summed E-state index contributed by atoms with van der Waals surface area (Å²) in [5.41, 5.74) is 0.539. The molecule has 0 fully saturated rings. The number of thiophene rings is 1. The number of carbonyl (C=O) groups is 2. The lowest BCUT2D eigenvalue weighted by Crippen LogP contribution is -2.46. The van der Waals surface area contributed by atoms with Crippen LogP contribution in [0.25, 0.3) is 0 Å². The number of hydrogen-bond acceptors (Lipinski definition) is 4. The first kappa shape index (κ1) is 24.1. The SMILES string of the molecule is CCOCCCN(CC(=O)N(Cc1ccccc1)Cc1cccs1)C(=O)C(C)(C)C. The largest absolute Gasteiger partial charge is 0.382 e. The standard InChI is InChI=1S/C24H34N2O3S/c1-5-29-15-10-14-25(23(28)24(2,3)4)19-22(27)26(18-21-13-9-16-30-21)17-20-11-7-6-8-12-20/h6-9,11-13,16H,5,10,14-15,17-19H2,1-4H3. The molecular weight excluding hydrogens is 396 g/mol. The summed E-state index contributed by atoms with van der Waals surface area (Å²) in [6.45, 7) is 10.5. The molecule has 2 amide bonds. The molecule has 0 saturated heterocycles. The van der Waals surface area contributed by atoms with E-state index in [-0.39, 0.29) is 18.4 Å². The van der Waals surface area contributed by atoms with Crippen molar-refractivity contribution in [3.8, 4) is 0 Å². The highest BCUT2D eigenvalue weighted by molar-refractivity contribution is 7.09. The lowest BCUT2D eigenvalue weighted by atomic mass is 9.94. The van der Waals surface area contributed by atoms with E-state index in [4.69, 9.17) is 4.74 Å². The first-order valence-electron chi connectivity index (χ1n) is 10.5. The van der Waals surface area contributed by atoms with Crippen LogP contribution in [-0.2, 0) is 27.4 Å². The van der Waals surface area contributed by atoms with Crippen LogP contribution in [-0.4, -0.2) is 47.9 Å². The molecule has 164 valence electrons. The van der Waals surface area contributed by atoms with E-state index < -0.39 is 5.41 Å². The predicted octanol–water partition coefficient (Wildman–Crippen LogP) is 4.58. The van der Waals surface area contributed by atoms with Gasteiger partial charge in [0.05, 0.1) is 13.1 Å². The van der Waals surface area contributed by atoms with Crippen molar-refractivity contribution in [2.45, 2.75) is 47.2 Å². The summed E-state index contributed by atoms with van der Waals surface area (Å²) in [6, 6.07) is 14.0. The molecule has 1 aromatic heterocycles. The Kier molecular flexibility index (Phi) is 9.53. The van der Waals surface area contributed by atoms with E-state index in [1.165, 1.54) is 0 Å². The van der Waals surface area contributed by atoms with E-state index in [1.807, 2.05) is 80.4 Å². The Morgan fingerprint density at radius 2 is 1.73 bits per heavy atom. The maximum atomic E-state index is 13.3. The average molecular weight is 431 g/mol. The highest BCUT2D eigenvalue weighted by atomic mass is 32.1. The third-order valence-corrected chi connectivity index (χ3v) is 5.53. The van der Waals surface area contributed by atoms with Crippen molar-refractivity contribution in [3.63, 3.8) is 0 Å². The van der Waals surface area contributed by atoms with Gasteiger partial charge in [0.2, 0.25) is 11.8 Å². The fraction of sp³-hybridized carbons (Fsp3) is 0.500. The van der Waals surface area contributed by atoms with Crippen LogP contribution in [0.1, 0.15) is 44.6 Å². The number of ether oxygens (including phenoxy) is 1. The average Bonchev–Trinajstić information content (AvgIpc) is 3.22. The monoisotopic (exact) mass is 430 g/mol. The zero-order chi connectivity index (χ0) is 22.0. The van der Waals surface area contributed by atoms with Crippen molar-refractivity contribution >= 4 is 23.2 Å². The van der Waals surface area contributed by atoms with Gasteiger partial charge in [0, 0.05) is 36.6 Å². The number of nitrogens with zero attached hydrogens (tertiary/aromatic N) is 2. The molecule has 0 aliphatic rings. The summed E-state index contributed by atoms with van der Waals surface area (Å²) in [7, 11) is 0. The normalized spacial score (nSPS) is 11.3. The number of amides is 2. The van der Waals surface area contributed by atoms with Gasteiger partial charge >= 0.3 is 0 Å². The Morgan fingerprint density at radius 3 is 2.33 bits per heavy atom. The van der Waals surface area contributed by atoms with Gasteiger partial charge in [-0.1, -0.05) is 57.2 Å². The summed E-state index contributed by atoms with van der Waals surface area (Å²) in [6.07, 6.45) is 0.715. The molecule has 6 heteroatoms. The van der Waals surface area contributed by atoms with Gasteiger partial charge in [-0.15, -0.1) is 11.3 Å². The first-order valence-corrected chi connectivity index (χ1v) is 11.4. The Labute approximate surface area is 184 Å². The summed E-state index contributed by atoms with van der Waals surface area (Å²) in [4.78, 5) is 30.9. The van der Waals surface area contributed by atoms with Crippen LogP contribution in [0.2, 0.25) is 0 Å². The summed E-state index contributed by atoms with van der Waals surface area (Å²) < 4.78 is 5.42. The van der Waals surface area contributed by atoms with E-state index in [2.05, 4.69) is 0 Å². The second kappa shape index (κ2) is 11.9. The summed E-state index contributed by atoms with van der Waals surface area (Å²) >= 11 is 1.64. The maximum absolute atomic E-state index is 13.3. The minimum absolute atomic E-state index is 0.0110. The minimum atomic E-state index is -0.538. The van der Waals surface area contributed by atoms with E-state index in [1.54, 1.807) is 16.2 Å². The molecule has 0 saturated carbocycles. The van der Waals surface area contributed by atoms with E-state index in [0.29, 0.717) is 39.3 Å². The van der Waals surface area contributed by atoms with Crippen LogP contribution >= 0.6 is 11.3 Å². The highest BCUT2D eigenvalue weighted by Crippen LogP contribution is 2.19. The molecule has 1 heterocycles. The molecule has 2 aromatic rings. The van der Waals surface area contributed by atoms with Crippen LogP contribution in [0.15, 0.2) is 47.8 Å². The third kappa shape index (κ3) is 7.92.